The monoisotopic (exact) mass is 294 g/mol. The first-order valence-corrected chi connectivity index (χ1v) is 6.88. The number of hydrogen-bond donors (Lipinski definition) is 1. The zero-order chi connectivity index (χ0) is 14.7. The first-order chi connectivity index (χ1) is 9.49. The average Bonchev–Trinajstić information content (AvgIpc) is 2.72. The number of aryl methyl sites for hydroxylation is 1. The number of nitrogens with one attached hydrogen (secondary N) is 1. The quantitative estimate of drug-likeness (QED) is 0.915. The van der Waals surface area contributed by atoms with Crippen LogP contribution in [0.4, 0.5) is 0 Å². The molecule has 0 atom stereocenters. The summed E-state index contributed by atoms with van der Waals surface area (Å²) in [7, 11) is 5.76. The van der Waals surface area contributed by atoms with Gasteiger partial charge >= 0.3 is 0 Å². The Kier molecular flexibility index (Phi) is 4.62. The largest absolute Gasteiger partial charge is 0.350 e. The maximum atomic E-state index is 11.7. The highest BCUT2D eigenvalue weighted by molar-refractivity contribution is 6.35. The van der Waals surface area contributed by atoms with E-state index in [0.717, 1.165) is 23.1 Å². The Morgan fingerprint density at radius 3 is 2.90 bits per heavy atom. The molecule has 0 saturated carbocycles. The lowest BCUT2D eigenvalue weighted by Crippen LogP contribution is -2.27. The van der Waals surface area contributed by atoms with Crippen LogP contribution in [0.2, 0.25) is 5.02 Å². The molecular formula is C14H19ClN4O. The molecule has 1 aromatic carbocycles. The van der Waals surface area contributed by atoms with Crippen molar-refractivity contribution >= 4 is 28.4 Å². The van der Waals surface area contributed by atoms with Gasteiger partial charge in [-0.1, -0.05) is 17.7 Å². The normalized spacial score (nSPS) is 11.2. The van der Waals surface area contributed by atoms with Crippen molar-refractivity contribution in [2.24, 2.45) is 7.05 Å². The maximum Gasteiger partial charge on any atom is 0.221 e. The molecule has 0 unspecified atom stereocenters. The minimum atomic E-state index is 0.0181. The molecule has 0 bridgehead atoms. The van der Waals surface area contributed by atoms with Crippen LogP contribution in [-0.4, -0.2) is 41.2 Å². The van der Waals surface area contributed by atoms with Crippen molar-refractivity contribution in [3.63, 3.8) is 0 Å². The Bertz CT molecular complexity index is 621. The Hall–Kier alpha value is -1.59. The lowest BCUT2D eigenvalue weighted by atomic mass is 10.2. The molecule has 0 aliphatic rings. The van der Waals surface area contributed by atoms with Crippen molar-refractivity contribution in [2.75, 3.05) is 20.6 Å². The van der Waals surface area contributed by atoms with Crippen molar-refractivity contribution in [2.45, 2.75) is 13.0 Å². The van der Waals surface area contributed by atoms with E-state index in [-0.39, 0.29) is 5.91 Å². The molecular weight excluding hydrogens is 276 g/mol. The zero-order valence-electron chi connectivity index (χ0n) is 12.0. The van der Waals surface area contributed by atoms with Crippen molar-refractivity contribution in [3.05, 3.63) is 28.9 Å². The molecule has 0 radical (unpaired) electrons. The van der Waals surface area contributed by atoms with Gasteiger partial charge < -0.3 is 10.2 Å². The Labute approximate surface area is 123 Å². The van der Waals surface area contributed by atoms with Crippen molar-refractivity contribution in [3.8, 4) is 0 Å². The molecule has 5 nitrogen and oxygen atoms in total. The summed E-state index contributed by atoms with van der Waals surface area (Å²) in [6.07, 6.45) is 0.478. The number of carbonyl (C=O) groups is 1. The molecule has 1 heterocycles. The zero-order valence-corrected chi connectivity index (χ0v) is 12.7. The van der Waals surface area contributed by atoms with E-state index in [1.165, 1.54) is 0 Å². The molecule has 6 heteroatoms. The van der Waals surface area contributed by atoms with Crippen LogP contribution in [-0.2, 0) is 18.4 Å². The number of carbonyl (C=O) groups excluding carboxylic acids is 1. The molecule has 1 N–H and O–H groups in total. The second-order valence-corrected chi connectivity index (χ2v) is 5.44. The summed E-state index contributed by atoms with van der Waals surface area (Å²) < 4.78 is 1.78. The second kappa shape index (κ2) is 6.24. The Balaban J connectivity index is 2.09. The molecule has 0 aliphatic heterocycles. The lowest BCUT2D eigenvalue weighted by molar-refractivity contribution is -0.121. The van der Waals surface area contributed by atoms with Crippen LogP contribution in [0, 0.1) is 0 Å². The minimum absolute atomic E-state index is 0.0181. The number of aromatic nitrogens is 2. The van der Waals surface area contributed by atoms with E-state index >= 15 is 0 Å². The van der Waals surface area contributed by atoms with Gasteiger partial charge in [-0.05, 0) is 26.2 Å². The van der Waals surface area contributed by atoms with Gasteiger partial charge in [0.25, 0.3) is 0 Å². The number of benzene rings is 1. The predicted octanol–water partition coefficient (Wildman–Crippen LogP) is 1.79. The fraction of sp³-hybridized carbons (Fsp3) is 0.429. The van der Waals surface area contributed by atoms with Gasteiger partial charge in [0, 0.05) is 25.4 Å². The Morgan fingerprint density at radius 1 is 1.45 bits per heavy atom. The van der Waals surface area contributed by atoms with E-state index < -0.39 is 0 Å². The standard InChI is InChI=1S/C14H19ClN4O/c1-18(2)8-7-13(20)16-9-11-14-10(15)5-4-6-12(14)19(3)17-11/h4-6H,7-9H2,1-3H3,(H,16,20). The number of hydrogen-bond acceptors (Lipinski definition) is 3. The summed E-state index contributed by atoms with van der Waals surface area (Å²) in [5, 5.41) is 8.88. The molecule has 0 saturated heterocycles. The van der Waals surface area contributed by atoms with Gasteiger partial charge in [-0.25, -0.2) is 0 Å². The maximum absolute atomic E-state index is 11.7. The van der Waals surface area contributed by atoms with Crippen LogP contribution < -0.4 is 5.32 Å². The van der Waals surface area contributed by atoms with Crippen LogP contribution in [0.25, 0.3) is 10.9 Å². The topological polar surface area (TPSA) is 50.2 Å². The van der Waals surface area contributed by atoms with E-state index in [2.05, 4.69) is 10.4 Å². The predicted molar refractivity (Wildman–Crippen MR) is 80.7 cm³/mol. The minimum Gasteiger partial charge on any atom is -0.350 e. The summed E-state index contributed by atoms with van der Waals surface area (Å²) in [6, 6.07) is 5.69. The smallest absolute Gasteiger partial charge is 0.221 e. The third-order valence-corrected chi connectivity index (χ3v) is 3.45. The first kappa shape index (κ1) is 14.8. The summed E-state index contributed by atoms with van der Waals surface area (Å²) >= 11 is 6.22. The van der Waals surface area contributed by atoms with Gasteiger partial charge in [-0.3, -0.25) is 9.48 Å². The highest BCUT2D eigenvalue weighted by Gasteiger charge is 2.12. The highest BCUT2D eigenvalue weighted by atomic mass is 35.5. The van der Waals surface area contributed by atoms with Gasteiger partial charge in [0.05, 0.1) is 22.8 Å². The fourth-order valence-electron chi connectivity index (χ4n) is 2.07. The summed E-state index contributed by atoms with van der Waals surface area (Å²) in [5.41, 5.74) is 1.77. The van der Waals surface area contributed by atoms with Crippen molar-refractivity contribution in [1.82, 2.24) is 20.0 Å². The molecule has 0 spiro atoms. The molecule has 1 amide bonds. The number of halogens is 1. The lowest BCUT2D eigenvalue weighted by Gasteiger charge is -2.09. The van der Waals surface area contributed by atoms with E-state index in [4.69, 9.17) is 11.6 Å². The third kappa shape index (κ3) is 3.29. The first-order valence-electron chi connectivity index (χ1n) is 6.50. The highest BCUT2D eigenvalue weighted by Crippen LogP contribution is 2.26. The van der Waals surface area contributed by atoms with Gasteiger partial charge in [0.15, 0.2) is 0 Å². The van der Waals surface area contributed by atoms with Gasteiger partial charge in [-0.15, -0.1) is 0 Å². The molecule has 2 aromatic rings. The molecule has 108 valence electrons. The molecule has 0 aliphatic carbocycles. The van der Waals surface area contributed by atoms with Gasteiger partial charge in [0.1, 0.15) is 0 Å². The van der Waals surface area contributed by atoms with E-state index in [9.17, 15) is 4.79 Å². The summed E-state index contributed by atoms with van der Waals surface area (Å²) in [5.74, 6) is 0.0181. The van der Waals surface area contributed by atoms with Crippen molar-refractivity contribution < 1.29 is 4.79 Å². The van der Waals surface area contributed by atoms with E-state index in [0.29, 0.717) is 18.0 Å². The summed E-state index contributed by atoms with van der Waals surface area (Å²) in [6.45, 7) is 1.13. The van der Waals surface area contributed by atoms with E-state index in [1.54, 1.807) is 4.68 Å². The van der Waals surface area contributed by atoms with Crippen molar-refractivity contribution in [1.29, 1.82) is 0 Å². The molecule has 20 heavy (non-hydrogen) atoms. The Morgan fingerprint density at radius 2 is 2.20 bits per heavy atom. The van der Waals surface area contributed by atoms with Crippen LogP contribution in [0.15, 0.2) is 18.2 Å². The number of rotatable bonds is 5. The molecule has 0 fully saturated rings. The van der Waals surface area contributed by atoms with Crippen LogP contribution in [0.1, 0.15) is 12.1 Å². The average molecular weight is 295 g/mol. The second-order valence-electron chi connectivity index (χ2n) is 5.03. The number of amides is 1. The summed E-state index contributed by atoms with van der Waals surface area (Å²) in [4.78, 5) is 13.7. The fourth-order valence-corrected chi connectivity index (χ4v) is 2.35. The SMILES string of the molecule is CN(C)CCC(=O)NCc1nn(C)c2cccc(Cl)c12. The number of fused-ring (bicyclic) bond motifs is 1. The van der Waals surface area contributed by atoms with Crippen LogP contribution in [0.5, 0.6) is 0 Å². The van der Waals surface area contributed by atoms with Crippen LogP contribution >= 0.6 is 11.6 Å². The van der Waals surface area contributed by atoms with Gasteiger partial charge in [-0.2, -0.15) is 5.10 Å². The number of nitrogens with zero attached hydrogens (tertiary/aromatic N) is 3. The molecule has 1 aromatic heterocycles. The third-order valence-electron chi connectivity index (χ3n) is 3.14. The van der Waals surface area contributed by atoms with Crippen LogP contribution in [0.3, 0.4) is 0 Å². The van der Waals surface area contributed by atoms with E-state index in [1.807, 2.05) is 44.2 Å². The van der Waals surface area contributed by atoms with Gasteiger partial charge in [0.2, 0.25) is 5.91 Å². The molecule has 2 rings (SSSR count).